The molecular formula is C13H18O2. The Kier molecular flexibility index (Phi) is 3.62. The van der Waals surface area contributed by atoms with Gasteiger partial charge in [-0.15, -0.1) is 0 Å². The van der Waals surface area contributed by atoms with Gasteiger partial charge in [0.15, 0.2) is 0 Å². The lowest BCUT2D eigenvalue weighted by atomic mass is 10.1. The predicted octanol–water partition coefficient (Wildman–Crippen LogP) is 2.75. The fourth-order valence-electron chi connectivity index (χ4n) is 1.58. The molecule has 2 heteroatoms. The molecule has 0 amide bonds. The maximum Gasteiger partial charge on any atom is 0.115 e. The summed E-state index contributed by atoms with van der Waals surface area (Å²) in [7, 11) is 0. The van der Waals surface area contributed by atoms with Gasteiger partial charge in [0, 0.05) is 13.2 Å². The summed E-state index contributed by atoms with van der Waals surface area (Å²) in [5.74, 6) is 1.20. The summed E-state index contributed by atoms with van der Waals surface area (Å²) in [6.07, 6.45) is 4.82. The minimum absolute atomic E-state index is 0.337. The second kappa shape index (κ2) is 5.17. The van der Waals surface area contributed by atoms with E-state index in [0.29, 0.717) is 5.75 Å². The van der Waals surface area contributed by atoms with Gasteiger partial charge in [0.2, 0.25) is 0 Å². The zero-order valence-electron chi connectivity index (χ0n) is 8.98. The van der Waals surface area contributed by atoms with E-state index in [1.54, 1.807) is 12.1 Å². The van der Waals surface area contributed by atoms with Gasteiger partial charge >= 0.3 is 0 Å². The van der Waals surface area contributed by atoms with Gasteiger partial charge in [0.05, 0.1) is 0 Å². The van der Waals surface area contributed by atoms with Crippen LogP contribution in [0.5, 0.6) is 5.75 Å². The summed E-state index contributed by atoms with van der Waals surface area (Å²) in [5.41, 5.74) is 1.27. The monoisotopic (exact) mass is 206 g/mol. The molecule has 2 nitrogen and oxygen atoms in total. The van der Waals surface area contributed by atoms with E-state index < -0.39 is 0 Å². The number of aromatic hydroxyl groups is 1. The average Bonchev–Trinajstić information content (AvgIpc) is 3.04. The van der Waals surface area contributed by atoms with Crippen molar-refractivity contribution in [1.29, 1.82) is 0 Å². The molecular weight excluding hydrogens is 188 g/mol. The minimum Gasteiger partial charge on any atom is -0.508 e. The molecule has 0 aliphatic heterocycles. The molecule has 0 radical (unpaired) electrons. The third kappa shape index (κ3) is 3.92. The summed E-state index contributed by atoms with van der Waals surface area (Å²) in [6.45, 7) is 1.81. The number of hydrogen-bond acceptors (Lipinski definition) is 2. The fraction of sp³-hybridized carbons (Fsp3) is 0.538. The molecule has 1 aliphatic rings. The van der Waals surface area contributed by atoms with E-state index in [2.05, 4.69) is 0 Å². The van der Waals surface area contributed by atoms with Crippen molar-refractivity contribution in [2.45, 2.75) is 25.7 Å². The molecule has 2 rings (SSSR count). The molecule has 0 heterocycles. The van der Waals surface area contributed by atoms with Gasteiger partial charge in [-0.3, -0.25) is 0 Å². The summed E-state index contributed by atoms with van der Waals surface area (Å²) < 4.78 is 5.55. The van der Waals surface area contributed by atoms with E-state index in [-0.39, 0.29) is 0 Å². The van der Waals surface area contributed by atoms with Crippen LogP contribution in [0.3, 0.4) is 0 Å². The lowest BCUT2D eigenvalue weighted by molar-refractivity contribution is 0.122. The van der Waals surface area contributed by atoms with Gasteiger partial charge in [-0.2, -0.15) is 0 Å². The highest BCUT2D eigenvalue weighted by Crippen LogP contribution is 2.28. The molecule has 15 heavy (non-hydrogen) atoms. The van der Waals surface area contributed by atoms with Crippen molar-refractivity contribution in [3.05, 3.63) is 29.8 Å². The van der Waals surface area contributed by atoms with E-state index >= 15 is 0 Å². The van der Waals surface area contributed by atoms with Crippen LogP contribution < -0.4 is 0 Å². The third-order valence-corrected chi connectivity index (χ3v) is 2.74. The highest BCUT2D eigenvalue weighted by molar-refractivity contribution is 5.25. The smallest absolute Gasteiger partial charge is 0.115 e. The summed E-state index contributed by atoms with van der Waals surface area (Å²) in [4.78, 5) is 0. The van der Waals surface area contributed by atoms with Crippen LogP contribution >= 0.6 is 0 Å². The molecule has 1 aromatic rings. The van der Waals surface area contributed by atoms with Gasteiger partial charge in [-0.1, -0.05) is 12.1 Å². The number of rotatable bonds is 6. The van der Waals surface area contributed by atoms with Gasteiger partial charge in [0.25, 0.3) is 0 Å². The third-order valence-electron chi connectivity index (χ3n) is 2.74. The first kappa shape index (κ1) is 10.5. The number of phenolic OH excluding ortho intramolecular Hbond substituents is 1. The van der Waals surface area contributed by atoms with Crippen LogP contribution in [-0.4, -0.2) is 18.3 Å². The summed E-state index contributed by atoms with van der Waals surface area (Å²) in [5, 5.41) is 9.11. The first-order chi connectivity index (χ1) is 7.34. The Morgan fingerprint density at radius 2 is 1.93 bits per heavy atom. The molecule has 0 unspecified atom stereocenters. The Hall–Kier alpha value is -1.02. The van der Waals surface area contributed by atoms with Gasteiger partial charge in [-0.05, 0) is 49.3 Å². The zero-order chi connectivity index (χ0) is 10.5. The molecule has 0 saturated heterocycles. The van der Waals surface area contributed by atoms with Crippen molar-refractivity contribution in [3.63, 3.8) is 0 Å². The number of phenols is 1. The molecule has 1 aliphatic carbocycles. The van der Waals surface area contributed by atoms with Crippen molar-refractivity contribution >= 4 is 0 Å². The lowest BCUT2D eigenvalue weighted by Crippen LogP contribution is -1.99. The van der Waals surface area contributed by atoms with Crippen molar-refractivity contribution in [2.24, 2.45) is 5.92 Å². The van der Waals surface area contributed by atoms with Crippen LogP contribution in [0, 0.1) is 5.92 Å². The van der Waals surface area contributed by atoms with Crippen LogP contribution in [0.4, 0.5) is 0 Å². The summed E-state index contributed by atoms with van der Waals surface area (Å²) >= 11 is 0. The van der Waals surface area contributed by atoms with Crippen molar-refractivity contribution in [3.8, 4) is 5.75 Å². The molecule has 82 valence electrons. The Morgan fingerprint density at radius 3 is 2.60 bits per heavy atom. The Bertz CT molecular complexity index is 288. The van der Waals surface area contributed by atoms with Crippen LogP contribution in [0.15, 0.2) is 24.3 Å². The Labute approximate surface area is 90.9 Å². The van der Waals surface area contributed by atoms with Crippen LogP contribution in [0.25, 0.3) is 0 Å². The quantitative estimate of drug-likeness (QED) is 0.725. The second-order valence-corrected chi connectivity index (χ2v) is 4.29. The highest BCUT2D eigenvalue weighted by Gasteiger charge is 2.20. The molecule has 1 saturated carbocycles. The van der Waals surface area contributed by atoms with E-state index in [1.807, 2.05) is 12.1 Å². The van der Waals surface area contributed by atoms with Gasteiger partial charge in [-0.25, -0.2) is 0 Å². The first-order valence-electron chi connectivity index (χ1n) is 5.70. The SMILES string of the molecule is Oc1ccc(CCCOCC2CC2)cc1. The lowest BCUT2D eigenvalue weighted by Gasteiger charge is -2.03. The highest BCUT2D eigenvalue weighted by atomic mass is 16.5. The zero-order valence-corrected chi connectivity index (χ0v) is 8.98. The Morgan fingerprint density at radius 1 is 1.20 bits per heavy atom. The van der Waals surface area contributed by atoms with E-state index in [9.17, 15) is 0 Å². The van der Waals surface area contributed by atoms with E-state index in [0.717, 1.165) is 32.0 Å². The van der Waals surface area contributed by atoms with Crippen molar-refractivity contribution in [2.75, 3.05) is 13.2 Å². The second-order valence-electron chi connectivity index (χ2n) is 4.29. The van der Waals surface area contributed by atoms with E-state index in [1.165, 1.54) is 18.4 Å². The number of hydrogen-bond donors (Lipinski definition) is 1. The first-order valence-corrected chi connectivity index (χ1v) is 5.70. The maximum atomic E-state index is 9.11. The summed E-state index contributed by atoms with van der Waals surface area (Å²) in [6, 6.07) is 7.41. The van der Waals surface area contributed by atoms with Crippen molar-refractivity contribution in [1.82, 2.24) is 0 Å². The van der Waals surface area contributed by atoms with E-state index in [4.69, 9.17) is 9.84 Å². The molecule has 1 N–H and O–H groups in total. The molecule has 1 fully saturated rings. The van der Waals surface area contributed by atoms with Gasteiger partial charge in [0.1, 0.15) is 5.75 Å². The largest absolute Gasteiger partial charge is 0.508 e. The predicted molar refractivity (Wildman–Crippen MR) is 60.0 cm³/mol. The fourth-order valence-corrected chi connectivity index (χ4v) is 1.58. The van der Waals surface area contributed by atoms with Crippen molar-refractivity contribution < 1.29 is 9.84 Å². The number of benzene rings is 1. The molecule has 0 aromatic heterocycles. The van der Waals surface area contributed by atoms with Crippen LogP contribution in [0.1, 0.15) is 24.8 Å². The standard InChI is InChI=1S/C13H18O2/c14-13-7-5-11(6-8-13)2-1-9-15-10-12-3-4-12/h5-8,12,14H,1-4,9-10H2. The minimum atomic E-state index is 0.337. The maximum absolute atomic E-state index is 9.11. The average molecular weight is 206 g/mol. The Balaban J connectivity index is 1.58. The van der Waals surface area contributed by atoms with Gasteiger partial charge < -0.3 is 9.84 Å². The molecule has 0 spiro atoms. The number of ether oxygens (including phenoxy) is 1. The van der Waals surface area contributed by atoms with Crippen LogP contribution in [0.2, 0.25) is 0 Å². The molecule has 1 aromatic carbocycles. The van der Waals surface area contributed by atoms with Crippen LogP contribution in [-0.2, 0) is 11.2 Å². The molecule has 0 atom stereocenters. The molecule has 0 bridgehead atoms. The topological polar surface area (TPSA) is 29.5 Å². The normalized spacial score (nSPS) is 15.5. The number of aryl methyl sites for hydroxylation is 1.